The van der Waals surface area contributed by atoms with Crippen molar-refractivity contribution in [2.75, 3.05) is 38.8 Å². The Morgan fingerprint density at radius 2 is 1.64 bits per heavy atom. The first-order valence-corrected chi connectivity index (χ1v) is 8.46. The lowest BCUT2D eigenvalue weighted by Crippen LogP contribution is -2.53. The van der Waals surface area contributed by atoms with Gasteiger partial charge in [-0.15, -0.1) is 0 Å². The number of methoxy groups -OCH3 is 2. The van der Waals surface area contributed by atoms with E-state index in [0.29, 0.717) is 30.2 Å². The highest BCUT2D eigenvalue weighted by atomic mass is 16.5. The fraction of sp³-hybridized carbons (Fsp3) is 0.350. The standard InChI is InChI=1S/C20H24N2O3/c1-15-14-21(9-10-22(15)17-7-5-4-6-8-17)20(23)16-11-18(24-2)13-19(12-16)25-3/h4-8,11-13,15H,9-10,14H2,1-3H3. The monoisotopic (exact) mass is 340 g/mol. The second-order valence-electron chi connectivity index (χ2n) is 6.23. The number of ether oxygens (including phenoxy) is 2. The van der Waals surface area contributed by atoms with Crippen LogP contribution in [0.5, 0.6) is 11.5 Å². The fourth-order valence-corrected chi connectivity index (χ4v) is 3.26. The van der Waals surface area contributed by atoms with Gasteiger partial charge in [0.05, 0.1) is 14.2 Å². The van der Waals surface area contributed by atoms with Crippen LogP contribution < -0.4 is 14.4 Å². The van der Waals surface area contributed by atoms with E-state index < -0.39 is 0 Å². The predicted molar refractivity (Wildman–Crippen MR) is 98.7 cm³/mol. The van der Waals surface area contributed by atoms with Gasteiger partial charge in [-0.05, 0) is 31.2 Å². The third-order valence-corrected chi connectivity index (χ3v) is 4.60. The zero-order valence-electron chi connectivity index (χ0n) is 14.9. The van der Waals surface area contributed by atoms with Gasteiger partial charge in [-0.1, -0.05) is 18.2 Å². The Hall–Kier alpha value is -2.69. The van der Waals surface area contributed by atoms with Gasteiger partial charge in [0, 0.05) is 43.0 Å². The van der Waals surface area contributed by atoms with Crippen LogP contribution in [0.25, 0.3) is 0 Å². The molecule has 0 bridgehead atoms. The molecule has 1 aliphatic rings. The highest BCUT2D eigenvalue weighted by molar-refractivity contribution is 5.95. The van der Waals surface area contributed by atoms with Crippen LogP contribution in [0.15, 0.2) is 48.5 Å². The second-order valence-corrected chi connectivity index (χ2v) is 6.23. The molecule has 3 rings (SSSR count). The first kappa shape index (κ1) is 17.1. The van der Waals surface area contributed by atoms with Crippen molar-refractivity contribution in [3.05, 3.63) is 54.1 Å². The maximum absolute atomic E-state index is 12.9. The SMILES string of the molecule is COc1cc(OC)cc(C(=O)N2CCN(c3ccccc3)C(C)C2)c1. The van der Waals surface area contributed by atoms with E-state index in [2.05, 4.69) is 24.0 Å². The average Bonchev–Trinajstić information content (AvgIpc) is 2.67. The van der Waals surface area contributed by atoms with E-state index in [4.69, 9.17) is 9.47 Å². The van der Waals surface area contributed by atoms with Crippen molar-refractivity contribution in [1.82, 2.24) is 4.90 Å². The summed E-state index contributed by atoms with van der Waals surface area (Å²) in [6.07, 6.45) is 0. The molecule has 25 heavy (non-hydrogen) atoms. The summed E-state index contributed by atoms with van der Waals surface area (Å²) in [7, 11) is 3.17. The number of para-hydroxylation sites is 1. The van der Waals surface area contributed by atoms with E-state index in [1.54, 1.807) is 32.4 Å². The quantitative estimate of drug-likeness (QED) is 0.858. The summed E-state index contributed by atoms with van der Waals surface area (Å²) in [6.45, 7) is 4.35. The van der Waals surface area contributed by atoms with Crippen LogP contribution in [0.4, 0.5) is 5.69 Å². The summed E-state index contributed by atoms with van der Waals surface area (Å²) in [6, 6.07) is 15.9. The summed E-state index contributed by atoms with van der Waals surface area (Å²) in [5.74, 6) is 1.26. The first-order valence-electron chi connectivity index (χ1n) is 8.46. The molecule has 0 aromatic heterocycles. The number of benzene rings is 2. The third-order valence-electron chi connectivity index (χ3n) is 4.60. The van der Waals surface area contributed by atoms with E-state index in [9.17, 15) is 4.79 Å². The Kier molecular flexibility index (Phi) is 5.12. The molecular weight excluding hydrogens is 316 g/mol. The summed E-state index contributed by atoms with van der Waals surface area (Å²) in [5.41, 5.74) is 1.79. The molecule has 1 atom stereocenters. The Bertz CT molecular complexity index is 711. The van der Waals surface area contributed by atoms with Gasteiger partial charge in [-0.25, -0.2) is 0 Å². The predicted octanol–water partition coefficient (Wildman–Crippen LogP) is 3.05. The van der Waals surface area contributed by atoms with Crippen molar-refractivity contribution in [2.45, 2.75) is 13.0 Å². The van der Waals surface area contributed by atoms with Crippen molar-refractivity contribution in [1.29, 1.82) is 0 Å². The van der Waals surface area contributed by atoms with Gasteiger partial charge in [0.25, 0.3) is 5.91 Å². The van der Waals surface area contributed by atoms with E-state index >= 15 is 0 Å². The molecule has 1 unspecified atom stereocenters. The lowest BCUT2D eigenvalue weighted by molar-refractivity contribution is 0.0725. The van der Waals surface area contributed by atoms with Crippen LogP contribution in [0.1, 0.15) is 17.3 Å². The molecule has 1 aliphatic heterocycles. The molecule has 0 spiro atoms. The maximum atomic E-state index is 12.9. The lowest BCUT2D eigenvalue weighted by Gasteiger charge is -2.41. The van der Waals surface area contributed by atoms with Gasteiger partial charge >= 0.3 is 0 Å². The normalized spacial score (nSPS) is 17.3. The van der Waals surface area contributed by atoms with Gasteiger partial charge < -0.3 is 19.3 Å². The summed E-state index contributed by atoms with van der Waals surface area (Å²) in [5, 5.41) is 0. The molecule has 5 heteroatoms. The van der Waals surface area contributed by atoms with Crippen molar-refractivity contribution in [3.63, 3.8) is 0 Å². The molecule has 2 aromatic rings. The van der Waals surface area contributed by atoms with Crippen molar-refractivity contribution < 1.29 is 14.3 Å². The van der Waals surface area contributed by atoms with Crippen LogP contribution in [-0.4, -0.2) is 50.7 Å². The number of rotatable bonds is 4. The van der Waals surface area contributed by atoms with Gasteiger partial charge in [0.2, 0.25) is 0 Å². The second kappa shape index (κ2) is 7.47. The van der Waals surface area contributed by atoms with E-state index in [1.807, 2.05) is 23.1 Å². The summed E-state index contributed by atoms with van der Waals surface area (Å²) >= 11 is 0. The lowest BCUT2D eigenvalue weighted by atomic mass is 10.1. The van der Waals surface area contributed by atoms with Gasteiger partial charge in [-0.3, -0.25) is 4.79 Å². The molecule has 1 amide bonds. The fourth-order valence-electron chi connectivity index (χ4n) is 3.26. The van der Waals surface area contributed by atoms with E-state index in [-0.39, 0.29) is 11.9 Å². The zero-order chi connectivity index (χ0) is 17.8. The minimum Gasteiger partial charge on any atom is -0.497 e. The Morgan fingerprint density at radius 3 is 2.20 bits per heavy atom. The van der Waals surface area contributed by atoms with Crippen molar-refractivity contribution in [3.8, 4) is 11.5 Å². The molecule has 0 radical (unpaired) electrons. The van der Waals surface area contributed by atoms with Crippen LogP contribution in [0.3, 0.4) is 0 Å². The molecule has 132 valence electrons. The smallest absolute Gasteiger partial charge is 0.254 e. The van der Waals surface area contributed by atoms with Crippen LogP contribution >= 0.6 is 0 Å². The van der Waals surface area contributed by atoms with Crippen molar-refractivity contribution in [2.24, 2.45) is 0 Å². The topological polar surface area (TPSA) is 42.0 Å². The number of hydrogen-bond acceptors (Lipinski definition) is 4. The number of anilines is 1. The minimum atomic E-state index is 0.0109. The third kappa shape index (κ3) is 3.71. The molecule has 2 aromatic carbocycles. The minimum absolute atomic E-state index is 0.0109. The molecule has 1 fully saturated rings. The number of nitrogens with zero attached hydrogens (tertiary/aromatic N) is 2. The number of piperazine rings is 1. The van der Waals surface area contributed by atoms with E-state index in [1.165, 1.54) is 5.69 Å². The Labute approximate surface area is 148 Å². The number of carbonyl (C=O) groups is 1. The van der Waals surface area contributed by atoms with Gasteiger partial charge in [0.1, 0.15) is 11.5 Å². The van der Waals surface area contributed by atoms with Gasteiger partial charge in [0.15, 0.2) is 0 Å². The number of amides is 1. The summed E-state index contributed by atoms with van der Waals surface area (Å²) < 4.78 is 10.5. The molecule has 5 nitrogen and oxygen atoms in total. The highest BCUT2D eigenvalue weighted by Crippen LogP contribution is 2.25. The molecule has 0 aliphatic carbocycles. The number of hydrogen-bond donors (Lipinski definition) is 0. The Morgan fingerprint density at radius 1 is 1.00 bits per heavy atom. The van der Waals surface area contributed by atoms with Crippen LogP contribution in [-0.2, 0) is 0 Å². The van der Waals surface area contributed by atoms with Crippen molar-refractivity contribution >= 4 is 11.6 Å². The molecule has 0 N–H and O–H groups in total. The van der Waals surface area contributed by atoms with Crippen LogP contribution in [0.2, 0.25) is 0 Å². The zero-order valence-corrected chi connectivity index (χ0v) is 14.9. The molecule has 1 heterocycles. The Balaban J connectivity index is 1.75. The molecular formula is C20H24N2O3. The first-order chi connectivity index (χ1) is 12.1. The maximum Gasteiger partial charge on any atom is 0.254 e. The summed E-state index contributed by atoms with van der Waals surface area (Å²) in [4.78, 5) is 17.2. The molecule has 0 saturated carbocycles. The highest BCUT2D eigenvalue weighted by Gasteiger charge is 2.27. The number of carbonyl (C=O) groups excluding carboxylic acids is 1. The molecule has 1 saturated heterocycles. The van der Waals surface area contributed by atoms with Crippen LogP contribution in [0, 0.1) is 0 Å². The van der Waals surface area contributed by atoms with E-state index in [0.717, 1.165) is 6.54 Å². The largest absolute Gasteiger partial charge is 0.497 e. The van der Waals surface area contributed by atoms with Gasteiger partial charge in [-0.2, -0.15) is 0 Å². The average molecular weight is 340 g/mol.